The minimum atomic E-state index is -0.311. The molecule has 1 unspecified atom stereocenters. The molecule has 3 heterocycles. The van der Waals surface area contributed by atoms with E-state index in [1.54, 1.807) is 37.4 Å². The summed E-state index contributed by atoms with van der Waals surface area (Å²) in [6.07, 6.45) is 0.500. The SMILES string of the molecule is COc1ccc(C2=NN(CC(=O)Cc3nc4ccc(I)cc4c(=O)n3-c3ccc(Cl)cc3Cl)C(c3c(C)[nH]c4ccccc34)C2)cc1. The van der Waals surface area contributed by atoms with E-state index in [1.807, 2.05) is 47.5 Å². The Balaban J connectivity index is 1.28. The summed E-state index contributed by atoms with van der Waals surface area (Å²) >= 11 is 14.9. The van der Waals surface area contributed by atoms with Gasteiger partial charge in [-0.3, -0.25) is 19.2 Å². The molecule has 47 heavy (non-hydrogen) atoms. The second kappa shape index (κ2) is 12.8. The lowest BCUT2D eigenvalue weighted by Gasteiger charge is -2.24. The zero-order chi connectivity index (χ0) is 32.8. The summed E-state index contributed by atoms with van der Waals surface area (Å²) in [6.45, 7) is 2.06. The van der Waals surface area contributed by atoms with Crippen LogP contribution in [-0.2, 0) is 11.2 Å². The van der Waals surface area contributed by atoms with E-state index in [-0.39, 0.29) is 41.2 Å². The maximum atomic E-state index is 14.0. The fourth-order valence-corrected chi connectivity index (χ4v) is 7.27. The fourth-order valence-electron chi connectivity index (χ4n) is 6.28. The van der Waals surface area contributed by atoms with Gasteiger partial charge in [-0.05, 0) is 102 Å². The third-order valence-electron chi connectivity index (χ3n) is 8.44. The Hall–Kier alpha value is -4.19. The Morgan fingerprint density at radius 2 is 1.81 bits per heavy atom. The van der Waals surface area contributed by atoms with Gasteiger partial charge in [0.25, 0.3) is 5.56 Å². The lowest BCUT2D eigenvalue weighted by Crippen LogP contribution is -2.31. The topological polar surface area (TPSA) is 92.6 Å². The molecular weight excluding hydrogens is 748 g/mol. The van der Waals surface area contributed by atoms with Crippen molar-refractivity contribution in [1.29, 1.82) is 0 Å². The normalized spacial score (nSPS) is 14.6. The summed E-state index contributed by atoms with van der Waals surface area (Å²) in [6, 6.07) is 26.1. The number of fused-ring (bicyclic) bond motifs is 2. The first-order chi connectivity index (χ1) is 22.7. The van der Waals surface area contributed by atoms with Gasteiger partial charge in [-0.25, -0.2) is 4.98 Å². The zero-order valence-corrected chi connectivity index (χ0v) is 29.1. The molecule has 11 heteroatoms. The molecular formula is C36H28Cl2IN5O3. The lowest BCUT2D eigenvalue weighted by molar-refractivity contribution is -0.120. The van der Waals surface area contributed by atoms with Gasteiger partial charge in [-0.15, -0.1) is 0 Å². The van der Waals surface area contributed by atoms with E-state index >= 15 is 0 Å². The maximum absolute atomic E-state index is 14.0. The van der Waals surface area contributed by atoms with Crippen molar-refractivity contribution in [2.75, 3.05) is 13.7 Å². The van der Waals surface area contributed by atoms with Gasteiger partial charge in [-0.2, -0.15) is 5.10 Å². The van der Waals surface area contributed by atoms with Crippen molar-refractivity contribution in [3.05, 3.63) is 132 Å². The smallest absolute Gasteiger partial charge is 0.266 e. The Labute approximate surface area is 294 Å². The van der Waals surface area contributed by atoms with E-state index < -0.39 is 0 Å². The van der Waals surface area contributed by atoms with Gasteiger partial charge in [0.15, 0.2) is 5.78 Å². The predicted octanol–water partition coefficient (Wildman–Crippen LogP) is 8.06. The van der Waals surface area contributed by atoms with Crippen LogP contribution >= 0.6 is 45.8 Å². The van der Waals surface area contributed by atoms with Crippen LogP contribution in [0.3, 0.4) is 0 Å². The average molecular weight is 776 g/mol. The van der Waals surface area contributed by atoms with Crippen LogP contribution in [0.15, 0.2) is 94.8 Å². The first-order valence-corrected chi connectivity index (χ1v) is 16.8. The van der Waals surface area contributed by atoms with Crippen molar-refractivity contribution in [1.82, 2.24) is 19.5 Å². The summed E-state index contributed by atoms with van der Waals surface area (Å²) in [5.74, 6) is 0.895. The van der Waals surface area contributed by atoms with Crippen LogP contribution in [0.5, 0.6) is 5.75 Å². The first-order valence-electron chi connectivity index (χ1n) is 14.9. The largest absolute Gasteiger partial charge is 0.497 e. The number of benzene rings is 4. The Kier molecular flexibility index (Phi) is 8.54. The van der Waals surface area contributed by atoms with Crippen molar-refractivity contribution < 1.29 is 9.53 Å². The van der Waals surface area contributed by atoms with E-state index in [4.69, 9.17) is 38.0 Å². The van der Waals surface area contributed by atoms with Crippen LogP contribution in [0.1, 0.15) is 35.1 Å². The van der Waals surface area contributed by atoms with E-state index in [9.17, 15) is 9.59 Å². The third kappa shape index (κ3) is 6.03. The highest BCUT2D eigenvalue weighted by Gasteiger charge is 2.33. The summed E-state index contributed by atoms with van der Waals surface area (Å²) in [5.41, 5.74) is 5.59. The van der Waals surface area contributed by atoms with Crippen LogP contribution < -0.4 is 10.3 Å². The van der Waals surface area contributed by atoms with Gasteiger partial charge in [0.1, 0.15) is 11.6 Å². The second-order valence-corrected chi connectivity index (χ2v) is 13.5. The Morgan fingerprint density at radius 1 is 1.02 bits per heavy atom. The molecule has 4 aromatic carbocycles. The van der Waals surface area contributed by atoms with Gasteiger partial charge >= 0.3 is 0 Å². The van der Waals surface area contributed by atoms with Crippen LogP contribution in [0, 0.1) is 10.5 Å². The molecule has 1 N–H and O–H groups in total. The number of aryl methyl sites for hydroxylation is 1. The first kappa shape index (κ1) is 31.4. The number of ether oxygens (including phenoxy) is 1. The highest BCUT2D eigenvalue weighted by atomic mass is 127. The van der Waals surface area contributed by atoms with Gasteiger partial charge < -0.3 is 9.72 Å². The Morgan fingerprint density at radius 3 is 2.57 bits per heavy atom. The highest BCUT2D eigenvalue weighted by Crippen LogP contribution is 2.38. The third-order valence-corrected chi connectivity index (χ3v) is 9.65. The molecule has 0 radical (unpaired) electrons. The number of hydrogen-bond donors (Lipinski definition) is 1. The number of rotatable bonds is 8. The standard InChI is InChI=1S/C36H28Cl2IN5O3/c1-20-35(26-5-3-4-6-29(26)40-20)33-18-31(21-7-11-25(47-2)12-8-21)42-43(33)19-24(45)17-34-41-30-13-10-23(39)16-27(30)36(46)44(34)32-14-9-22(37)15-28(32)38/h3-16,33,40H,17-19H2,1-2H3. The number of halogens is 3. The van der Waals surface area contributed by atoms with E-state index in [0.717, 1.165) is 42.8 Å². The number of aromatic amines is 1. The highest BCUT2D eigenvalue weighted by molar-refractivity contribution is 14.1. The van der Waals surface area contributed by atoms with Gasteiger partial charge in [-0.1, -0.05) is 41.4 Å². The number of nitrogens with zero attached hydrogens (tertiary/aromatic N) is 4. The van der Waals surface area contributed by atoms with Crippen LogP contribution in [0.2, 0.25) is 10.0 Å². The summed E-state index contributed by atoms with van der Waals surface area (Å²) in [4.78, 5) is 36.3. The number of ketones is 1. The number of nitrogens with one attached hydrogen (secondary N) is 1. The number of Topliss-reactive ketones (excluding diaryl/α,β-unsaturated/α-hetero) is 1. The number of carbonyl (C=O) groups is 1. The minimum Gasteiger partial charge on any atom is -0.497 e. The van der Waals surface area contributed by atoms with E-state index in [1.165, 1.54) is 4.57 Å². The molecule has 6 aromatic rings. The molecule has 0 aliphatic carbocycles. The Bertz CT molecular complexity index is 2280. The van der Waals surface area contributed by atoms with Crippen molar-refractivity contribution in [3.8, 4) is 11.4 Å². The summed E-state index contributed by atoms with van der Waals surface area (Å²) in [7, 11) is 1.64. The van der Waals surface area contributed by atoms with Gasteiger partial charge in [0.2, 0.25) is 0 Å². The lowest BCUT2D eigenvalue weighted by atomic mass is 9.96. The molecule has 0 fully saturated rings. The van der Waals surface area contributed by atoms with Crippen LogP contribution in [-0.4, -0.2) is 44.7 Å². The van der Waals surface area contributed by atoms with Gasteiger partial charge in [0.05, 0.1) is 53.4 Å². The molecule has 1 aliphatic heterocycles. The maximum Gasteiger partial charge on any atom is 0.266 e. The molecule has 0 spiro atoms. The predicted molar refractivity (Wildman–Crippen MR) is 195 cm³/mol. The summed E-state index contributed by atoms with van der Waals surface area (Å²) in [5, 5.41) is 9.12. The average Bonchev–Trinajstić information content (AvgIpc) is 3.61. The molecule has 0 amide bonds. The summed E-state index contributed by atoms with van der Waals surface area (Å²) < 4.78 is 7.67. The molecule has 7 rings (SSSR count). The molecule has 0 bridgehead atoms. The van der Waals surface area contributed by atoms with Crippen LogP contribution in [0.4, 0.5) is 0 Å². The molecule has 2 aromatic heterocycles. The molecule has 8 nitrogen and oxygen atoms in total. The number of methoxy groups -OCH3 is 1. The second-order valence-electron chi connectivity index (χ2n) is 11.4. The van der Waals surface area contributed by atoms with Crippen molar-refractivity contribution in [3.63, 3.8) is 0 Å². The number of H-pyrrole nitrogens is 1. The number of hydrazone groups is 1. The number of hydrogen-bond acceptors (Lipinski definition) is 6. The molecule has 236 valence electrons. The number of aromatic nitrogens is 3. The molecule has 1 atom stereocenters. The quantitative estimate of drug-likeness (QED) is 0.158. The van der Waals surface area contributed by atoms with Crippen LogP contribution in [0.25, 0.3) is 27.5 Å². The fraction of sp³-hybridized carbons (Fsp3) is 0.167. The van der Waals surface area contributed by atoms with Crippen molar-refractivity contribution in [2.24, 2.45) is 5.10 Å². The van der Waals surface area contributed by atoms with E-state index in [0.29, 0.717) is 28.0 Å². The minimum absolute atomic E-state index is 0.0121. The number of para-hydroxylation sites is 1. The van der Waals surface area contributed by atoms with Crippen molar-refractivity contribution >= 4 is 79.1 Å². The zero-order valence-electron chi connectivity index (χ0n) is 25.4. The molecule has 0 saturated heterocycles. The van der Waals surface area contributed by atoms with Crippen molar-refractivity contribution in [2.45, 2.75) is 25.8 Å². The monoisotopic (exact) mass is 775 g/mol. The molecule has 1 aliphatic rings. The number of carbonyl (C=O) groups excluding carboxylic acids is 1. The van der Waals surface area contributed by atoms with Gasteiger partial charge in [0, 0.05) is 37.2 Å². The molecule has 0 saturated carbocycles. The van der Waals surface area contributed by atoms with E-state index in [2.05, 4.69) is 46.6 Å².